The molecule has 0 aliphatic carbocycles. The number of nitrogens with zero attached hydrogens (tertiary/aromatic N) is 2. The predicted molar refractivity (Wildman–Crippen MR) is 76.5 cm³/mol. The van der Waals surface area contributed by atoms with Gasteiger partial charge in [-0.3, -0.25) is 14.9 Å². The minimum Gasteiger partial charge on any atom is -0.350 e. The number of benzene rings is 1. The van der Waals surface area contributed by atoms with E-state index in [1.165, 1.54) is 12.1 Å². The van der Waals surface area contributed by atoms with Crippen LogP contribution in [0.1, 0.15) is 20.8 Å². The summed E-state index contributed by atoms with van der Waals surface area (Å²) < 4.78 is 1.78. The lowest BCUT2D eigenvalue weighted by molar-refractivity contribution is -0.384. The van der Waals surface area contributed by atoms with Crippen LogP contribution in [0, 0.1) is 10.1 Å². The Bertz CT molecular complexity index is 668. The van der Waals surface area contributed by atoms with Crippen molar-refractivity contribution in [2.75, 3.05) is 0 Å². The van der Waals surface area contributed by atoms with Crippen LogP contribution in [0.2, 0.25) is 0 Å². The molecule has 0 atom stereocenters. The quantitative estimate of drug-likeness (QED) is 0.690. The van der Waals surface area contributed by atoms with Gasteiger partial charge in [-0.05, 0) is 32.9 Å². The molecule has 0 spiro atoms. The first kappa shape index (κ1) is 14.0. The van der Waals surface area contributed by atoms with E-state index in [1.807, 2.05) is 20.8 Å². The van der Waals surface area contributed by atoms with Gasteiger partial charge >= 0.3 is 0 Å². The van der Waals surface area contributed by atoms with Crippen LogP contribution in [0.3, 0.4) is 0 Å². The van der Waals surface area contributed by atoms with Crippen molar-refractivity contribution in [2.24, 2.45) is 0 Å². The van der Waals surface area contributed by atoms with Crippen LogP contribution in [0.25, 0.3) is 10.9 Å². The van der Waals surface area contributed by atoms with E-state index in [4.69, 9.17) is 0 Å². The Morgan fingerprint density at radius 2 is 2.05 bits per heavy atom. The molecule has 0 fully saturated rings. The van der Waals surface area contributed by atoms with E-state index in [-0.39, 0.29) is 23.7 Å². The molecule has 0 bridgehead atoms. The van der Waals surface area contributed by atoms with Gasteiger partial charge < -0.3 is 9.88 Å². The molecule has 20 heavy (non-hydrogen) atoms. The van der Waals surface area contributed by atoms with E-state index in [1.54, 1.807) is 22.9 Å². The number of non-ortho nitro benzene ring substituents is 1. The Kier molecular flexibility index (Phi) is 3.48. The SMILES string of the molecule is CC(C)(C)NC(=O)Cn1ccc2cc([N+](=O)[O-])ccc21. The van der Waals surface area contributed by atoms with Gasteiger partial charge in [-0.25, -0.2) is 0 Å². The molecule has 1 aromatic carbocycles. The highest BCUT2D eigenvalue weighted by atomic mass is 16.6. The lowest BCUT2D eigenvalue weighted by Crippen LogP contribution is -2.42. The Labute approximate surface area is 116 Å². The minimum atomic E-state index is -0.427. The molecule has 0 radical (unpaired) electrons. The zero-order valence-corrected chi connectivity index (χ0v) is 11.7. The first-order valence-electron chi connectivity index (χ1n) is 6.30. The number of nitro benzene ring substituents is 1. The molecule has 0 saturated carbocycles. The molecule has 0 aliphatic rings. The summed E-state index contributed by atoms with van der Waals surface area (Å²) in [7, 11) is 0. The highest BCUT2D eigenvalue weighted by Crippen LogP contribution is 2.21. The maximum Gasteiger partial charge on any atom is 0.270 e. The normalized spacial score (nSPS) is 11.6. The third kappa shape index (κ3) is 3.14. The van der Waals surface area contributed by atoms with Gasteiger partial charge in [0.15, 0.2) is 0 Å². The van der Waals surface area contributed by atoms with Crippen LogP contribution in [-0.4, -0.2) is 20.9 Å². The van der Waals surface area contributed by atoms with Crippen LogP contribution in [-0.2, 0) is 11.3 Å². The van der Waals surface area contributed by atoms with E-state index in [0.29, 0.717) is 0 Å². The Morgan fingerprint density at radius 1 is 1.35 bits per heavy atom. The van der Waals surface area contributed by atoms with Gasteiger partial charge in [-0.1, -0.05) is 0 Å². The summed E-state index contributed by atoms with van der Waals surface area (Å²) in [6, 6.07) is 6.39. The highest BCUT2D eigenvalue weighted by molar-refractivity contribution is 5.85. The number of nitrogens with one attached hydrogen (secondary N) is 1. The number of hydrogen-bond acceptors (Lipinski definition) is 3. The number of fused-ring (bicyclic) bond motifs is 1. The fourth-order valence-electron chi connectivity index (χ4n) is 2.05. The molecular formula is C14H17N3O3. The maximum atomic E-state index is 11.9. The van der Waals surface area contributed by atoms with E-state index >= 15 is 0 Å². The number of aromatic nitrogens is 1. The third-order valence-corrected chi connectivity index (χ3v) is 2.79. The zero-order chi connectivity index (χ0) is 14.9. The zero-order valence-electron chi connectivity index (χ0n) is 11.7. The van der Waals surface area contributed by atoms with Crippen LogP contribution in [0.4, 0.5) is 5.69 Å². The molecule has 0 saturated heterocycles. The molecule has 0 aliphatic heterocycles. The van der Waals surface area contributed by atoms with Gasteiger partial charge in [0.25, 0.3) is 5.69 Å². The van der Waals surface area contributed by atoms with Crippen molar-refractivity contribution in [3.63, 3.8) is 0 Å². The number of carbonyl (C=O) groups is 1. The van der Waals surface area contributed by atoms with Gasteiger partial charge in [-0.2, -0.15) is 0 Å². The summed E-state index contributed by atoms with van der Waals surface area (Å²) in [6.07, 6.45) is 1.76. The van der Waals surface area contributed by atoms with Gasteiger partial charge in [-0.15, -0.1) is 0 Å². The first-order chi connectivity index (χ1) is 9.26. The average molecular weight is 275 g/mol. The number of carbonyl (C=O) groups excluding carboxylic acids is 1. The molecule has 0 unspecified atom stereocenters. The summed E-state index contributed by atoms with van der Waals surface area (Å²) >= 11 is 0. The maximum absolute atomic E-state index is 11.9. The van der Waals surface area contributed by atoms with E-state index < -0.39 is 4.92 Å². The van der Waals surface area contributed by atoms with Crippen molar-refractivity contribution < 1.29 is 9.72 Å². The molecule has 1 amide bonds. The van der Waals surface area contributed by atoms with Gasteiger partial charge in [0.2, 0.25) is 5.91 Å². The van der Waals surface area contributed by atoms with Crippen LogP contribution >= 0.6 is 0 Å². The van der Waals surface area contributed by atoms with Crippen molar-refractivity contribution in [3.8, 4) is 0 Å². The van der Waals surface area contributed by atoms with Gasteiger partial charge in [0, 0.05) is 34.8 Å². The molecule has 2 rings (SSSR count). The molecule has 106 valence electrons. The summed E-state index contributed by atoms with van der Waals surface area (Å²) in [5.74, 6) is -0.0895. The molecule has 1 heterocycles. The average Bonchev–Trinajstić information content (AvgIpc) is 2.69. The van der Waals surface area contributed by atoms with Crippen molar-refractivity contribution in [2.45, 2.75) is 32.9 Å². The van der Waals surface area contributed by atoms with Crippen molar-refractivity contribution in [1.29, 1.82) is 0 Å². The van der Waals surface area contributed by atoms with E-state index in [2.05, 4.69) is 5.32 Å². The number of hydrogen-bond donors (Lipinski definition) is 1. The van der Waals surface area contributed by atoms with Crippen molar-refractivity contribution in [1.82, 2.24) is 9.88 Å². The lowest BCUT2D eigenvalue weighted by atomic mass is 10.1. The Morgan fingerprint density at radius 3 is 2.65 bits per heavy atom. The largest absolute Gasteiger partial charge is 0.350 e. The lowest BCUT2D eigenvalue weighted by Gasteiger charge is -2.20. The van der Waals surface area contributed by atoms with Crippen LogP contribution in [0.5, 0.6) is 0 Å². The molecule has 6 heteroatoms. The third-order valence-electron chi connectivity index (χ3n) is 2.79. The summed E-state index contributed by atoms with van der Waals surface area (Å²) in [5.41, 5.74) is 0.577. The fourth-order valence-corrected chi connectivity index (χ4v) is 2.05. The second-order valence-electron chi connectivity index (χ2n) is 5.74. The Balaban J connectivity index is 2.24. The topological polar surface area (TPSA) is 77.2 Å². The van der Waals surface area contributed by atoms with Crippen LogP contribution in [0.15, 0.2) is 30.5 Å². The second-order valence-corrected chi connectivity index (χ2v) is 5.74. The predicted octanol–water partition coefficient (Wildman–Crippen LogP) is 2.46. The molecule has 1 N–H and O–H groups in total. The van der Waals surface area contributed by atoms with Gasteiger partial charge in [0.05, 0.1) is 4.92 Å². The highest BCUT2D eigenvalue weighted by Gasteiger charge is 2.15. The number of rotatable bonds is 3. The summed E-state index contributed by atoms with van der Waals surface area (Å²) in [4.78, 5) is 22.2. The van der Waals surface area contributed by atoms with Crippen molar-refractivity contribution in [3.05, 3.63) is 40.6 Å². The van der Waals surface area contributed by atoms with Crippen LogP contribution < -0.4 is 5.32 Å². The van der Waals surface area contributed by atoms with E-state index in [9.17, 15) is 14.9 Å². The smallest absolute Gasteiger partial charge is 0.270 e. The molecule has 6 nitrogen and oxygen atoms in total. The van der Waals surface area contributed by atoms with Gasteiger partial charge in [0.1, 0.15) is 6.54 Å². The number of nitro groups is 1. The molecule has 2 aromatic rings. The first-order valence-corrected chi connectivity index (χ1v) is 6.30. The standard InChI is InChI=1S/C14H17N3O3/c1-14(2,3)15-13(18)9-16-7-6-10-8-11(17(19)20)4-5-12(10)16/h4-8H,9H2,1-3H3,(H,15,18). The molecule has 1 aromatic heterocycles. The number of amides is 1. The molecular weight excluding hydrogens is 258 g/mol. The summed E-state index contributed by atoms with van der Waals surface area (Å²) in [6.45, 7) is 5.95. The Hall–Kier alpha value is -2.37. The minimum absolute atomic E-state index is 0.0504. The monoisotopic (exact) mass is 275 g/mol. The fraction of sp³-hybridized carbons (Fsp3) is 0.357. The second kappa shape index (κ2) is 4.96. The summed E-state index contributed by atoms with van der Waals surface area (Å²) in [5, 5.41) is 14.4. The van der Waals surface area contributed by atoms with Crippen molar-refractivity contribution >= 4 is 22.5 Å². The van der Waals surface area contributed by atoms with E-state index in [0.717, 1.165) is 10.9 Å².